The average Bonchev–Trinajstić information content (AvgIpc) is 2.72. The van der Waals surface area contributed by atoms with Gasteiger partial charge in [-0.15, -0.1) is 11.8 Å². The number of rotatable bonds is 3. The third kappa shape index (κ3) is 2.78. The van der Waals surface area contributed by atoms with Crippen molar-refractivity contribution >= 4 is 17.7 Å². The van der Waals surface area contributed by atoms with Crippen LogP contribution >= 0.6 is 11.8 Å². The number of ether oxygens (including phenoxy) is 1. The second-order valence-corrected chi connectivity index (χ2v) is 7.52. The highest BCUT2D eigenvalue weighted by molar-refractivity contribution is 8.01. The maximum Gasteiger partial charge on any atom is 0.347 e. The lowest BCUT2D eigenvalue weighted by Gasteiger charge is -2.44. The molecule has 0 radical (unpaired) electrons. The number of aliphatic hydroxyl groups is 1. The van der Waals surface area contributed by atoms with Gasteiger partial charge in [0.1, 0.15) is 0 Å². The molecule has 110 valence electrons. The van der Waals surface area contributed by atoms with Crippen molar-refractivity contribution in [3.8, 4) is 0 Å². The lowest BCUT2D eigenvalue weighted by Crippen LogP contribution is -2.50. The number of thioether (sulfide) groups is 1. The lowest BCUT2D eigenvalue weighted by atomic mass is 9.67. The molecule has 2 N–H and O–H groups in total. The van der Waals surface area contributed by atoms with Crippen LogP contribution in [0.3, 0.4) is 0 Å². The fourth-order valence-electron chi connectivity index (χ4n) is 3.57. The maximum absolute atomic E-state index is 11.8. The zero-order valence-electron chi connectivity index (χ0n) is 11.8. The molecule has 0 amide bonds. The van der Waals surface area contributed by atoms with E-state index in [1.807, 2.05) is 0 Å². The Morgan fingerprint density at radius 1 is 1.42 bits per heavy atom. The molecule has 1 saturated heterocycles. The molecule has 4 nitrogen and oxygen atoms in total. The number of aliphatic carboxylic acids is 1. The number of hydrogen-bond acceptors (Lipinski definition) is 4. The largest absolute Gasteiger partial charge is 0.478 e. The summed E-state index contributed by atoms with van der Waals surface area (Å²) >= 11 is 1.26. The van der Waals surface area contributed by atoms with Gasteiger partial charge in [-0.25, -0.2) is 4.79 Å². The van der Waals surface area contributed by atoms with Crippen molar-refractivity contribution in [1.82, 2.24) is 0 Å². The molecule has 1 heterocycles. The van der Waals surface area contributed by atoms with E-state index in [4.69, 9.17) is 4.74 Å². The molecule has 19 heavy (non-hydrogen) atoms. The van der Waals surface area contributed by atoms with E-state index in [1.165, 1.54) is 11.8 Å². The molecular formula is C14H24O4S. The van der Waals surface area contributed by atoms with Crippen molar-refractivity contribution < 1.29 is 19.7 Å². The Balaban J connectivity index is 2.30. The SMILES string of the molecule is CC(C)[C@@H]1CC[C@@H](C)C[C@H]1[C@@]1(C(=O)O)O[C@@H](O)CS1. The Morgan fingerprint density at radius 3 is 2.58 bits per heavy atom. The molecule has 0 unspecified atom stereocenters. The summed E-state index contributed by atoms with van der Waals surface area (Å²) < 4.78 is 5.50. The summed E-state index contributed by atoms with van der Waals surface area (Å²) in [6.07, 6.45) is 2.13. The van der Waals surface area contributed by atoms with Gasteiger partial charge in [0.2, 0.25) is 4.93 Å². The normalized spacial score (nSPS) is 43.6. The Bertz CT molecular complexity index is 346. The zero-order chi connectivity index (χ0) is 14.2. The van der Waals surface area contributed by atoms with E-state index in [2.05, 4.69) is 20.8 Å². The summed E-state index contributed by atoms with van der Waals surface area (Å²) in [4.78, 5) is 10.5. The highest BCUT2D eigenvalue weighted by Gasteiger charge is 2.57. The molecule has 2 fully saturated rings. The van der Waals surface area contributed by atoms with Gasteiger partial charge in [-0.3, -0.25) is 0 Å². The van der Waals surface area contributed by atoms with Crippen LogP contribution in [0.2, 0.25) is 0 Å². The molecule has 0 aromatic heterocycles. The third-order valence-corrected chi connectivity index (χ3v) is 6.01. The first kappa shape index (κ1) is 15.1. The molecule has 1 saturated carbocycles. The molecule has 0 aromatic rings. The smallest absolute Gasteiger partial charge is 0.347 e. The molecule has 0 aromatic carbocycles. The van der Waals surface area contributed by atoms with Crippen molar-refractivity contribution in [2.45, 2.75) is 51.3 Å². The highest BCUT2D eigenvalue weighted by Crippen LogP contribution is 2.52. The molecule has 0 bridgehead atoms. The van der Waals surface area contributed by atoms with Gasteiger partial charge in [-0.1, -0.05) is 27.2 Å². The minimum Gasteiger partial charge on any atom is -0.478 e. The second-order valence-electron chi connectivity index (χ2n) is 6.29. The predicted octanol–water partition coefficient (Wildman–Crippen LogP) is 2.56. The van der Waals surface area contributed by atoms with E-state index >= 15 is 0 Å². The molecule has 0 spiro atoms. The molecule has 5 atom stereocenters. The number of carbonyl (C=O) groups is 1. The minimum atomic E-state index is -1.25. The highest BCUT2D eigenvalue weighted by atomic mass is 32.2. The zero-order valence-corrected chi connectivity index (χ0v) is 12.7. The van der Waals surface area contributed by atoms with Crippen molar-refractivity contribution in [1.29, 1.82) is 0 Å². The first-order valence-corrected chi connectivity index (χ1v) is 8.08. The van der Waals surface area contributed by atoms with Crippen LogP contribution in [0.5, 0.6) is 0 Å². The van der Waals surface area contributed by atoms with Gasteiger partial charge in [-0.2, -0.15) is 0 Å². The first-order valence-electron chi connectivity index (χ1n) is 7.10. The van der Waals surface area contributed by atoms with Gasteiger partial charge in [-0.05, 0) is 30.6 Å². The van der Waals surface area contributed by atoms with Crippen LogP contribution in [-0.4, -0.2) is 33.2 Å². The molecular weight excluding hydrogens is 264 g/mol. The quantitative estimate of drug-likeness (QED) is 0.835. The van der Waals surface area contributed by atoms with Gasteiger partial charge < -0.3 is 14.9 Å². The van der Waals surface area contributed by atoms with E-state index in [1.54, 1.807) is 0 Å². The third-order valence-electron chi connectivity index (χ3n) is 4.56. The summed E-state index contributed by atoms with van der Waals surface area (Å²) in [7, 11) is 0. The van der Waals surface area contributed by atoms with Gasteiger partial charge in [0.05, 0.1) is 0 Å². The first-order chi connectivity index (χ1) is 8.86. The molecule has 1 aliphatic carbocycles. The summed E-state index contributed by atoms with van der Waals surface area (Å²) in [5.41, 5.74) is 0. The van der Waals surface area contributed by atoms with E-state index in [0.717, 1.165) is 19.3 Å². The van der Waals surface area contributed by atoms with E-state index < -0.39 is 17.2 Å². The number of carboxylic acids is 1. The second kappa shape index (κ2) is 5.62. The Labute approximate surface area is 118 Å². The summed E-state index contributed by atoms with van der Waals surface area (Å²) in [6, 6.07) is 0. The van der Waals surface area contributed by atoms with Crippen LogP contribution in [0, 0.1) is 23.7 Å². The van der Waals surface area contributed by atoms with Gasteiger partial charge >= 0.3 is 5.97 Å². The Kier molecular flexibility index (Phi) is 4.48. The molecule has 1 aliphatic heterocycles. The number of aliphatic hydroxyl groups excluding tert-OH is 1. The maximum atomic E-state index is 11.8. The van der Waals surface area contributed by atoms with Gasteiger partial charge in [0.25, 0.3) is 0 Å². The Hall–Kier alpha value is -0.260. The fraction of sp³-hybridized carbons (Fsp3) is 0.929. The van der Waals surface area contributed by atoms with Crippen molar-refractivity contribution in [3.05, 3.63) is 0 Å². The van der Waals surface area contributed by atoms with Crippen LogP contribution < -0.4 is 0 Å². The van der Waals surface area contributed by atoms with E-state index in [-0.39, 0.29) is 5.92 Å². The Morgan fingerprint density at radius 2 is 2.11 bits per heavy atom. The van der Waals surface area contributed by atoms with Crippen molar-refractivity contribution in [3.63, 3.8) is 0 Å². The van der Waals surface area contributed by atoms with E-state index in [0.29, 0.717) is 23.5 Å². The standard InChI is InChI=1S/C14H24O4S/c1-8(2)10-5-4-9(3)6-11(10)14(13(16)17)18-12(15)7-19-14/h8-12,15H,4-7H2,1-3H3,(H,16,17)/t9-,10+,11-,12-,14-/m1/s1. The van der Waals surface area contributed by atoms with Crippen LogP contribution in [0.25, 0.3) is 0 Å². The van der Waals surface area contributed by atoms with Crippen LogP contribution in [0.1, 0.15) is 40.0 Å². The number of carboxylic acid groups (broad SMARTS) is 1. The lowest BCUT2D eigenvalue weighted by molar-refractivity contribution is -0.188. The monoisotopic (exact) mass is 288 g/mol. The van der Waals surface area contributed by atoms with Crippen LogP contribution in [-0.2, 0) is 9.53 Å². The van der Waals surface area contributed by atoms with Crippen molar-refractivity contribution in [2.75, 3.05) is 5.75 Å². The fourth-order valence-corrected chi connectivity index (χ4v) is 4.82. The van der Waals surface area contributed by atoms with Gasteiger partial charge in [0, 0.05) is 11.7 Å². The summed E-state index contributed by atoms with van der Waals surface area (Å²) in [6.45, 7) is 6.48. The topological polar surface area (TPSA) is 66.8 Å². The average molecular weight is 288 g/mol. The van der Waals surface area contributed by atoms with Crippen LogP contribution in [0.4, 0.5) is 0 Å². The van der Waals surface area contributed by atoms with Crippen LogP contribution in [0.15, 0.2) is 0 Å². The minimum absolute atomic E-state index is 0.0177. The van der Waals surface area contributed by atoms with Crippen molar-refractivity contribution in [2.24, 2.45) is 23.7 Å². The molecule has 2 rings (SSSR count). The predicted molar refractivity (Wildman–Crippen MR) is 74.7 cm³/mol. The molecule has 2 aliphatic rings. The van der Waals surface area contributed by atoms with Gasteiger partial charge in [0.15, 0.2) is 6.29 Å². The number of hydrogen-bond donors (Lipinski definition) is 2. The van der Waals surface area contributed by atoms with E-state index in [9.17, 15) is 15.0 Å². The molecule has 5 heteroatoms. The summed E-state index contributed by atoms with van der Waals surface area (Å²) in [5, 5.41) is 19.3. The summed E-state index contributed by atoms with van der Waals surface area (Å²) in [5.74, 6) is 0.718.